The Balaban J connectivity index is 1.48. The van der Waals surface area contributed by atoms with Crippen molar-refractivity contribution in [3.05, 3.63) is 15.8 Å². The number of carboxylic acid groups (broad SMARTS) is 1. The van der Waals surface area contributed by atoms with Crippen molar-refractivity contribution in [3.8, 4) is 11.8 Å². The number of hydrogen-bond donors (Lipinski definition) is 3. The normalized spacial score (nSPS) is 26.8. The van der Waals surface area contributed by atoms with Crippen molar-refractivity contribution in [1.29, 1.82) is 0 Å². The molecule has 2 saturated carbocycles. The maximum atomic E-state index is 14.1. The molecular weight excluding hydrogens is 538 g/mol. The van der Waals surface area contributed by atoms with Crippen molar-refractivity contribution in [2.24, 2.45) is 23.2 Å². The minimum atomic E-state index is -1.03. The van der Waals surface area contributed by atoms with Gasteiger partial charge in [0.15, 0.2) is 0 Å². The predicted octanol–water partition coefficient (Wildman–Crippen LogP) is 6.04. The molecule has 0 aromatic carbocycles. The Labute approximate surface area is 249 Å². The molecule has 2 aliphatic carbocycles. The summed E-state index contributed by atoms with van der Waals surface area (Å²) >= 11 is 1.15. The van der Waals surface area contributed by atoms with Crippen LogP contribution in [0, 0.1) is 35.0 Å². The molecule has 0 spiro atoms. The highest BCUT2D eigenvalue weighted by Crippen LogP contribution is 2.39. The second kappa shape index (κ2) is 14.1. The number of anilines is 1. The molecule has 3 N–H and O–H groups in total. The SMILES string of the molecule is CC1CCC(C(=O)N(c2cc(C#CC(C)(C)C)sc2C(=O)O)C2CCC(NC(=O)OC[C@@H]3CCCNC3)CC2)CC1. The van der Waals surface area contributed by atoms with Crippen LogP contribution in [0.25, 0.3) is 0 Å². The van der Waals surface area contributed by atoms with E-state index in [-0.39, 0.29) is 40.3 Å². The number of thiophene rings is 1. The molecule has 226 valence electrons. The molecule has 4 rings (SSSR count). The topological polar surface area (TPSA) is 108 Å². The summed E-state index contributed by atoms with van der Waals surface area (Å²) in [7, 11) is 0. The monoisotopic (exact) mass is 585 g/mol. The van der Waals surface area contributed by atoms with Gasteiger partial charge in [0, 0.05) is 35.9 Å². The Hall–Kier alpha value is -2.57. The third-order valence-corrected chi connectivity index (χ3v) is 9.59. The third-order valence-electron chi connectivity index (χ3n) is 8.56. The molecule has 0 unspecified atom stereocenters. The van der Waals surface area contributed by atoms with Crippen molar-refractivity contribution < 1.29 is 24.2 Å². The summed E-state index contributed by atoms with van der Waals surface area (Å²) in [5, 5.41) is 16.5. The van der Waals surface area contributed by atoms with E-state index >= 15 is 0 Å². The van der Waals surface area contributed by atoms with E-state index in [1.165, 1.54) is 0 Å². The van der Waals surface area contributed by atoms with Crippen LogP contribution in [-0.4, -0.2) is 54.9 Å². The maximum Gasteiger partial charge on any atom is 0.407 e. The number of ether oxygens (including phenoxy) is 1. The zero-order chi connectivity index (χ0) is 29.6. The molecule has 0 radical (unpaired) electrons. The van der Waals surface area contributed by atoms with E-state index in [4.69, 9.17) is 4.74 Å². The van der Waals surface area contributed by atoms with E-state index in [1.54, 1.807) is 11.0 Å². The number of nitrogens with zero attached hydrogens (tertiary/aromatic N) is 1. The summed E-state index contributed by atoms with van der Waals surface area (Å²) < 4.78 is 5.51. The second-order valence-electron chi connectivity index (χ2n) is 13.3. The quantitative estimate of drug-likeness (QED) is 0.337. The number of rotatable bonds is 7. The highest BCUT2D eigenvalue weighted by atomic mass is 32.1. The lowest BCUT2D eigenvalue weighted by Crippen LogP contribution is -2.49. The number of nitrogens with one attached hydrogen (secondary N) is 2. The Bertz CT molecular complexity index is 1120. The fraction of sp³-hybridized carbons (Fsp3) is 0.719. The predicted molar refractivity (Wildman–Crippen MR) is 162 cm³/mol. The lowest BCUT2D eigenvalue weighted by molar-refractivity contribution is -0.124. The summed E-state index contributed by atoms with van der Waals surface area (Å²) in [6, 6.07) is 1.66. The third kappa shape index (κ3) is 8.96. The van der Waals surface area contributed by atoms with Gasteiger partial charge in [-0.3, -0.25) is 4.79 Å². The highest BCUT2D eigenvalue weighted by molar-refractivity contribution is 7.15. The molecule has 1 aromatic heterocycles. The van der Waals surface area contributed by atoms with Crippen LogP contribution in [0.3, 0.4) is 0 Å². The highest BCUT2D eigenvalue weighted by Gasteiger charge is 2.37. The van der Waals surface area contributed by atoms with E-state index in [0.717, 1.165) is 63.0 Å². The number of alkyl carbamates (subject to hydrolysis) is 1. The van der Waals surface area contributed by atoms with E-state index in [9.17, 15) is 19.5 Å². The Kier molecular flexibility index (Phi) is 10.8. The van der Waals surface area contributed by atoms with Gasteiger partial charge < -0.3 is 25.4 Å². The minimum absolute atomic E-state index is 0.0228. The molecule has 1 atom stereocenters. The molecule has 8 nitrogen and oxygen atoms in total. The molecule has 1 saturated heterocycles. The Morgan fingerprint density at radius 2 is 1.80 bits per heavy atom. The fourth-order valence-corrected chi connectivity index (χ4v) is 7.01. The number of hydrogen-bond acceptors (Lipinski definition) is 6. The van der Waals surface area contributed by atoms with Gasteiger partial charge in [-0.15, -0.1) is 11.3 Å². The van der Waals surface area contributed by atoms with Crippen molar-refractivity contribution in [1.82, 2.24) is 10.6 Å². The average Bonchev–Trinajstić information content (AvgIpc) is 3.37. The van der Waals surface area contributed by atoms with Crippen LogP contribution in [-0.2, 0) is 9.53 Å². The molecule has 2 heterocycles. The summed E-state index contributed by atoms with van der Waals surface area (Å²) in [6.07, 6.45) is 8.27. The first-order valence-corrected chi connectivity index (χ1v) is 16.2. The first-order chi connectivity index (χ1) is 19.5. The Morgan fingerprint density at radius 1 is 1.10 bits per heavy atom. The fourth-order valence-electron chi connectivity index (χ4n) is 6.17. The van der Waals surface area contributed by atoms with Crippen LogP contribution in [0.2, 0.25) is 0 Å². The molecular formula is C32H47N3O5S. The smallest absolute Gasteiger partial charge is 0.407 e. The second-order valence-corrected chi connectivity index (χ2v) is 14.3. The lowest BCUT2D eigenvalue weighted by Gasteiger charge is -2.39. The van der Waals surface area contributed by atoms with Crippen molar-refractivity contribution >= 4 is 35.0 Å². The first kappa shape index (κ1) is 31.4. The number of carbonyl (C=O) groups excluding carboxylic acids is 2. The number of piperidine rings is 1. The van der Waals surface area contributed by atoms with E-state index in [0.29, 0.717) is 54.7 Å². The van der Waals surface area contributed by atoms with Crippen LogP contribution in [0.15, 0.2) is 6.07 Å². The number of amides is 2. The summed E-state index contributed by atoms with van der Waals surface area (Å²) in [5.41, 5.74) is 0.253. The van der Waals surface area contributed by atoms with Gasteiger partial charge in [0.05, 0.1) is 17.2 Å². The van der Waals surface area contributed by atoms with E-state index in [1.807, 2.05) is 20.8 Å². The van der Waals surface area contributed by atoms with Gasteiger partial charge in [0.2, 0.25) is 5.91 Å². The van der Waals surface area contributed by atoms with Crippen molar-refractivity contribution in [3.63, 3.8) is 0 Å². The lowest BCUT2D eigenvalue weighted by atomic mass is 9.81. The van der Waals surface area contributed by atoms with Crippen LogP contribution in [0.1, 0.15) is 106 Å². The van der Waals surface area contributed by atoms with Crippen LogP contribution in [0.4, 0.5) is 10.5 Å². The van der Waals surface area contributed by atoms with Gasteiger partial charge in [0.25, 0.3) is 0 Å². The van der Waals surface area contributed by atoms with Crippen LogP contribution in [0.5, 0.6) is 0 Å². The van der Waals surface area contributed by atoms with Gasteiger partial charge >= 0.3 is 12.1 Å². The molecule has 9 heteroatoms. The number of aromatic carboxylic acids is 1. The van der Waals surface area contributed by atoms with Crippen molar-refractivity contribution in [2.75, 3.05) is 24.6 Å². The maximum absolute atomic E-state index is 14.1. The number of carboxylic acids is 1. The minimum Gasteiger partial charge on any atom is -0.477 e. The van der Waals surface area contributed by atoms with E-state index < -0.39 is 5.97 Å². The number of carbonyl (C=O) groups is 3. The van der Waals surface area contributed by atoms with Gasteiger partial charge in [-0.25, -0.2) is 9.59 Å². The molecule has 2 amide bonds. The van der Waals surface area contributed by atoms with Crippen LogP contribution >= 0.6 is 11.3 Å². The summed E-state index contributed by atoms with van der Waals surface area (Å²) in [5.74, 6) is 6.22. The molecule has 41 heavy (non-hydrogen) atoms. The van der Waals surface area contributed by atoms with E-state index in [2.05, 4.69) is 29.4 Å². The molecule has 3 aliphatic rings. The van der Waals surface area contributed by atoms with Gasteiger partial charge in [-0.1, -0.05) is 18.8 Å². The Morgan fingerprint density at radius 3 is 2.41 bits per heavy atom. The van der Waals surface area contributed by atoms with Crippen molar-refractivity contribution in [2.45, 2.75) is 104 Å². The van der Waals surface area contributed by atoms with Gasteiger partial charge in [-0.05, 0) is 104 Å². The summed E-state index contributed by atoms with van der Waals surface area (Å²) in [4.78, 5) is 41.6. The zero-order valence-corrected chi connectivity index (χ0v) is 25.9. The average molecular weight is 586 g/mol. The summed E-state index contributed by atoms with van der Waals surface area (Å²) in [6.45, 7) is 10.6. The largest absolute Gasteiger partial charge is 0.477 e. The molecule has 3 fully saturated rings. The first-order valence-electron chi connectivity index (χ1n) is 15.4. The van der Waals surface area contributed by atoms with Gasteiger partial charge in [0.1, 0.15) is 4.88 Å². The molecule has 1 aliphatic heterocycles. The molecule has 0 bridgehead atoms. The molecule has 1 aromatic rings. The standard InChI is InChI=1S/C32H47N3O5S/c1-21-7-9-23(10-8-21)29(36)35(27-18-26(15-16-32(2,3)4)41-28(27)30(37)38)25-13-11-24(12-14-25)34-31(39)40-20-22-6-5-17-33-19-22/h18,21-25,33H,5-14,17,19-20H2,1-4H3,(H,34,39)(H,37,38)/t21?,22-,23?,24?,25?/m1/s1. The van der Waals surface area contributed by atoms with Crippen LogP contribution < -0.4 is 15.5 Å². The van der Waals surface area contributed by atoms with Gasteiger partial charge in [-0.2, -0.15) is 0 Å². The zero-order valence-electron chi connectivity index (χ0n) is 25.1.